The molecule has 1 nitrogen and oxygen atoms in total. The van der Waals surface area contributed by atoms with Crippen LogP contribution in [0.25, 0.3) is 0 Å². The fourth-order valence-corrected chi connectivity index (χ4v) is 6.56. The molecule has 0 spiro atoms. The minimum Gasteiger partial charge on any atom is -0.490 e. The summed E-state index contributed by atoms with van der Waals surface area (Å²) in [7, 11) is 0. The first-order valence-corrected chi connectivity index (χ1v) is 14.9. The van der Waals surface area contributed by atoms with Crippen LogP contribution < -0.4 is 4.74 Å². The Kier molecular flexibility index (Phi) is 12.6. The Morgan fingerprint density at radius 2 is 1.43 bits per heavy atom. The average molecular weight is 489 g/mol. The highest BCUT2D eigenvalue weighted by Crippen LogP contribution is 2.45. The molecule has 0 bridgehead atoms. The Hall–Kier alpha value is -1.38. The van der Waals surface area contributed by atoms with Crippen LogP contribution in [0, 0.1) is 29.4 Å². The van der Waals surface area contributed by atoms with Crippen molar-refractivity contribution in [2.75, 3.05) is 6.61 Å². The summed E-state index contributed by atoms with van der Waals surface area (Å²) in [6.07, 6.45) is 25.1. The number of hydrogen-bond donors (Lipinski definition) is 0. The molecule has 2 saturated carbocycles. The zero-order valence-electron chi connectivity index (χ0n) is 22.5. The Bertz CT molecular complexity index is 742. The van der Waals surface area contributed by atoms with E-state index in [0.29, 0.717) is 12.2 Å². The van der Waals surface area contributed by atoms with Gasteiger partial charge in [-0.1, -0.05) is 76.5 Å². The molecule has 3 rings (SSSR count). The van der Waals surface area contributed by atoms with E-state index in [1.807, 2.05) is 0 Å². The summed E-state index contributed by atoms with van der Waals surface area (Å²) in [6, 6.07) is 3.45. The highest BCUT2D eigenvalue weighted by atomic mass is 19.2. The fourth-order valence-electron chi connectivity index (χ4n) is 6.56. The van der Waals surface area contributed by atoms with Crippen LogP contribution in [0.5, 0.6) is 5.75 Å². The van der Waals surface area contributed by atoms with Gasteiger partial charge in [-0.3, -0.25) is 0 Å². The van der Waals surface area contributed by atoms with Gasteiger partial charge in [0.2, 0.25) is 5.82 Å². The maximum atomic E-state index is 15.0. The van der Waals surface area contributed by atoms with Gasteiger partial charge in [-0.15, -0.1) is 0 Å². The maximum absolute atomic E-state index is 15.0. The number of halogens is 2. The highest BCUT2D eigenvalue weighted by molar-refractivity contribution is 5.33. The lowest BCUT2D eigenvalue weighted by Crippen LogP contribution is -2.25. The van der Waals surface area contributed by atoms with Gasteiger partial charge in [-0.25, -0.2) is 4.39 Å². The second-order valence-electron chi connectivity index (χ2n) is 11.3. The Morgan fingerprint density at radius 3 is 2.09 bits per heavy atom. The molecule has 0 saturated heterocycles. The molecule has 3 heteroatoms. The van der Waals surface area contributed by atoms with E-state index in [0.717, 1.165) is 56.3 Å². The Labute approximate surface area is 214 Å². The minimum atomic E-state index is -0.788. The molecule has 35 heavy (non-hydrogen) atoms. The van der Waals surface area contributed by atoms with Crippen molar-refractivity contribution in [3.8, 4) is 5.75 Å². The standard InChI is InChI=1S/C32H50F2O/c1-3-5-7-8-9-10-12-24-35-30-23-22-29(31(33)32(30)34)28-20-18-27(19-21-28)26-16-14-25(15-17-26)13-11-6-4-2/h4,6,22-23,25-28H,3,5,7-21,24H2,1-2H3/b6-4+. The molecular formula is C32H50F2O. The second-order valence-corrected chi connectivity index (χ2v) is 11.3. The molecule has 198 valence electrons. The minimum absolute atomic E-state index is 0.0807. The van der Waals surface area contributed by atoms with E-state index < -0.39 is 11.6 Å². The number of allylic oxidation sites excluding steroid dienone is 2. The summed E-state index contributed by atoms with van der Waals surface area (Å²) in [6.45, 7) is 4.79. The Morgan fingerprint density at radius 1 is 0.800 bits per heavy atom. The predicted octanol–water partition coefficient (Wildman–Crippen LogP) is 10.5. The van der Waals surface area contributed by atoms with Gasteiger partial charge in [-0.2, -0.15) is 4.39 Å². The molecule has 1 aromatic rings. The van der Waals surface area contributed by atoms with Gasteiger partial charge in [0, 0.05) is 0 Å². The molecule has 1 aromatic carbocycles. The summed E-state index contributed by atoms with van der Waals surface area (Å²) in [4.78, 5) is 0. The van der Waals surface area contributed by atoms with Crippen LogP contribution >= 0.6 is 0 Å². The van der Waals surface area contributed by atoms with Crippen molar-refractivity contribution in [2.24, 2.45) is 17.8 Å². The SMILES string of the molecule is C/C=C/CCC1CCC(C2CCC(c3ccc(OCCCCCCCCC)c(F)c3F)CC2)CC1. The van der Waals surface area contributed by atoms with E-state index in [2.05, 4.69) is 26.0 Å². The molecular weight excluding hydrogens is 438 g/mol. The number of ether oxygens (including phenoxy) is 1. The number of rotatable bonds is 14. The molecule has 0 N–H and O–H groups in total. The first-order chi connectivity index (χ1) is 17.1. The monoisotopic (exact) mass is 488 g/mol. The second kappa shape index (κ2) is 15.7. The van der Waals surface area contributed by atoms with Crippen molar-refractivity contribution in [3.05, 3.63) is 41.5 Å². The topological polar surface area (TPSA) is 9.23 Å². The van der Waals surface area contributed by atoms with Crippen molar-refractivity contribution in [2.45, 2.75) is 129 Å². The summed E-state index contributed by atoms with van der Waals surface area (Å²) in [5, 5.41) is 0. The quantitative estimate of drug-likeness (QED) is 0.187. The number of hydrogen-bond acceptors (Lipinski definition) is 1. The van der Waals surface area contributed by atoms with E-state index in [1.54, 1.807) is 12.1 Å². The molecule has 0 atom stereocenters. The lowest BCUT2D eigenvalue weighted by Gasteiger charge is -2.38. The predicted molar refractivity (Wildman–Crippen MR) is 144 cm³/mol. The van der Waals surface area contributed by atoms with Crippen molar-refractivity contribution in [1.29, 1.82) is 0 Å². The molecule has 2 aliphatic rings. The fraction of sp³-hybridized carbons (Fsp3) is 0.750. The smallest absolute Gasteiger partial charge is 0.200 e. The zero-order chi connectivity index (χ0) is 24.9. The van der Waals surface area contributed by atoms with Crippen LogP contribution in [0.2, 0.25) is 0 Å². The van der Waals surface area contributed by atoms with Gasteiger partial charge < -0.3 is 4.74 Å². The molecule has 2 aliphatic carbocycles. The molecule has 0 unspecified atom stereocenters. The lowest BCUT2D eigenvalue weighted by atomic mass is 9.68. The third kappa shape index (κ3) is 8.90. The molecule has 0 amide bonds. The van der Waals surface area contributed by atoms with Gasteiger partial charge in [0.15, 0.2) is 11.6 Å². The van der Waals surface area contributed by atoms with Crippen molar-refractivity contribution >= 4 is 0 Å². The van der Waals surface area contributed by atoms with Crippen molar-refractivity contribution in [3.63, 3.8) is 0 Å². The largest absolute Gasteiger partial charge is 0.490 e. The van der Waals surface area contributed by atoms with Gasteiger partial charge in [-0.05, 0) is 100 Å². The van der Waals surface area contributed by atoms with Crippen LogP contribution in [0.1, 0.15) is 134 Å². The summed E-state index contributed by atoms with van der Waals surface area (Å²) < 4.78 is 35.3. The van der Waals surface area contributed by atoms with E-state index in [4.69, 9.17) is 4.74 Å². The van der Waals surface area contributed by atoms with Gasteiger partial charge in [0.05, 0.1) is 6.61 Å². The number of unbranched alkanes of at least 4 members (excludes halogenated alkanes) is 6. The van der Waals surface area contributed by atoms with E-state index >= 15 is 0 Å². The number of benzene rings is 1. The first kappa shape index (κ1) is 28.2. The zero-order valence-corrected chi connectivity index (χ0v) is 22.5. The third-order valence-corrected chi connectivity index (χ3v) is 8.83. The van der Waals surface area contributed by atoms with Crippen LogP contribution in [0.3, 0.4) is 0 Å². The normalized spacial score (nSPS) is 25.3. The van der Waals surface area contributed by atoms with Gasteiger partial charge >= 0.3 is 0 Å². The third-order valence-electron chi connectivity index (χ3n) is 8.83. The first-order valence-electron chi connectivity index (χ1n) is 14.9. The Balaban J connectivity index is 1.39. The van der Waals surface area contributed by atoms with Gasteiger partial charge in [0.25, 0.3) is 0 Å². The summed E-state index contributed by atoms with van der Waals surface area (Å²) >= 11 is 0. The van der Waals surface area contributed by atoms with Crippen LogP contribution in [-0.4, -0.2) is 6.61 Å². The van der Waals surface area contributed by atoms with E-state index in [-0.39, 0.29) is 11.7 Å². The van der Waals surface area contributed by atoms with E-state index in [9.17, 15) is 8.78 Å². The maximum Gasteiger partial charge on any atom is 0.200 e. The lowest BCUT2D eigenvalue weighted by molar-refractivity contribution is 0.156. The van der Waals surface area contributed by atoms with Crippen molar-refractivity contribution in [1.82, 2.24) is 0 Å². The summed E-state index contributed by atoms with van der Waals surface area (Å²) in [5.41, 5.74) is 0.567. The molecule has 0 aliphatic heterocycles. The highest BCUT2D eigenvalue weighted by Gasteiger charge is 2.32. The molecule has 2 fully saturated rings. The van der Waals surface area contributed by atoms with Crippen molar-refractivity contribution < 1.29 is 13.5 Å². The molecule has 0 heterocycles. The van der Waals surface area contributed by atoms with Gasteiger partial charge in [0.1, 0.15) is 0 Å². The van der Waals surface area contributed by atoms with E-state index in [1.165, 1.54) is 70.6 Å². The van der Waals surface area contributed by atoms with Crippen LogP contribution in [0.15, 0.2) is 24.3 Å². The average Bonchev–Trinajstić information content (AvgIpc) is 2.89. The van der Waals surface area contributed by atoms with Crippen LogP contribution in [-0.2, 0) is 0 Å². The molecule has 0 radical (unpaired) electrons. The summed E-state index contributed by atoms with van der Waals surface area (Å²) in [5.74, 6) is 1.30. The van der Waals surface area contributed by atoms with Crippen LogP contribution in [0.4, 0.5) is 8.78 Å². The molecule has 0 aromatic heterocycles.